The average molecular weight is 230 g/mol. The molecule has 1 aliphatic rings. The van der Waals surface area contributed by atoms with Crippen LogP contribution in [0.4, 0.5) is 0 Å². The van der Waals surface area contributed by atoms with Gasteiger partial charge in [0.05, 0.1) is 0 Å². The van der Waals surface area contributed by atoms with Gasteiger partial charge in [0.2, 0.25) is 0 Å². The minimum Gasteiger partial charge on any atom is -0.381 e. The van der Waals surface area contributed by atoms with Crippen LogP contribution in [-0.4, -0.2) is 38.3 Å². The van der Waals surface area contributed by atoms with Crippen molar-refractivity contribution in [3.05, 3.63) is 0 Å². The van der Waals surface area contributed by atoms with Gasteiger partial charge in [0.15, 0.2) is 0 Å². The van der Waals surface area contributed by atoms with Crippen LogP contribution in [-0.2, 0) is 14.4 Å². The topological polar surface area (TPSA) is 59.6 Å². The Labute approximate surface area is 96.8 Å². The maximum absolute atomic E-state index is 11.6. The van der Waals surface area contributed by atoms with Crippen LogP contribution >= 0.6 is 0 Å². The van der Waals surface area contributed by atoms with Crippen molar-refractivity contribution in [2.75, 3.05) is 26.8 Å². The van der Waals surface area contributed by atoms with Crippen molar-refractivity contribution in [2.45, 2.75) is 32.2 Å². The van der Waals surface area contributed by atoms with Crippen LogP contribution in [0.2, 0.25) is 0 Å². The van der Waals surface area contributed by atoms with Gasteiger partial charge in [0.25, 0.3) is 0 Å². The van der Waals surface area contributed by atoms with Crippen molar-refractivity contribution in [2.24, 2.45) is 5.92 Å². The highest BCUT2D eigenvalue weighted by Gasteiger charge is 2.30. The molecule has 2 N–H and O–H groups in total. The smallest absolute Gasteiger partial charge is 0.344 e. The molecule has 0 aromatic carbocycles. The molecule has 1 aliphatic heterocycles. The van der Waals surface area contributed by atoms with Gasteiger partial charge in [-0.15, -0.1) is 0 Å². The van der Waals surface area contributed by atoms with Crippen LogP contribution in [0.1, 0.15) is 26.7 Å². The Hall–Kier alpha value is -0.650. The van der Waals surface area contributed by atoms with Crippen molar-refractivity contribution in [3.63, 3.8) is 0 Å². The molecule has 1 fully saturated rings. The van der Waals surface area contributed by atoms with Gasteiger partial charge in [0, 0.05) is 20.3 Å². The monoisotopic (exact) mass is 230 g/mol. The first-order valence-electron chi connectivity index (χ1n) is 5.77. The Morgan fingerprint density at radius 3 is 2.62 bits per heavy atom. The van der Waals surface area contributed by atoms with Gasteiger partial charge in [-0.2, -0.15) is 5.48 Å². The number of carbonyl (C=O) groups excluding carboxylic acids is 1. The summed E-state index contributed by atoms with van der Waals surface area (Å²) in [7, 11) is 1.58. The van der Waals surface area contributed by atoms with Crippen molar-refractivity contribution < 1.29 is 14.4 Å². The van der Waals surface area contributed by atoms with Gasteiger partial charge in [-0.05, 0) is 39.2 Å². The first-order chi connectivity index (χ1) is 7.56. The molecule has 0 bridgehead atoms. The van der Waals surface area contributed by atoms with Crippen molar-refractivity contribution in [3.8, 4) is 0 Å². The van der Waals surface area contributed by atoms with E-state index in [-0.39, 0.29) is 5.97 Å². The summed E-state index contributed by atoms with van der Waals surface area (Å²) in [6, 6.07) is 0. The van der Waals surface area contributed by atoms with E-state index >= 15 is 0 Å². The van der Waals surface area contributed by atoms with E-state index in [2.05, 4.69) is 10.8 Å². The second kappa shape index (κ2) is 6.18. The van der Waals surface area contributed by atoms with E-state index in [0.717, 1.165) is 32.6 Å². The zero-order valence-electron chi connectivity index (χ0n) is 10.3. The summed E-state index contributed by atoms with van der Waals surface area (Å²) in [5, 5.41) is 3.24. The van der Waals surface area contributed by atoms with Crippen molar-refractivity contribution in [1.82, 2.24) is 10.8 Å². The molecule has 5 heteroatoms. The molecule has 94 valence electrons. The third-order valence-corrected chi connectivity index (χ3v) is 2.88. The summed E-state index contributed by atoms with van der Waals surface area (Å²) in [5.74, 6) is 0.303. The molecule has 1 saturated heterocycles. The Morgan fingerprint density at radius 2 is 2.06 bits per heavy atom. The molecule has 16 heavy (non-hydrogen) atoms. The zero-order chi connectivity index (χ0) is 12.0. The Balaban J connectivity index is 2.31. The summed E-state index contributed by atoms with van der Waals surface area (Å²) in [5.41, 5.74) is 1.75. The molecule has 0 aliphatic carbocycles. The molecular formula is C11H22N2O3. The Morgan fingerprint density at radius 1 is 1.44 bits per heavy atom. The van der Waals surface area contributed by atoms with Gasteiger partial charge in [-0.3, -0.25) is 0 Å². The number of nitrogens with one attached hydrogen (secondary N) is 2. The van der Waals surface area contributed by atoms with E-state index in [0.29, 0.717) is 5.92 Å². The van der Waals surface area contributed by atoms with Crippen LogP contribution in [0.15, 0.2) is 0 Å². The Bertz CT molecular complexity index is 225. The van der Waals surface area contributed by atoms with Crippen LogP contribution in [0.5, 0.6) is 0 Å². The predicted octanol–water partition coefficient (Wildman–Crippen LogP) is 0.459. The van der Waals surface area contributed by atoms with Crippen LogP contribution in [0.25, 0.3) is 0 Å². The first-order valence-corrected chi connectivity index (χ1v) is 5.77. The highest BCUT2D eigenvalue weighted by atomic mass is 16.7. The molecule has 1 rings (SSSR count). The maximum Gasteiger partial charge on any atom is 0.344 e. The number of hydrogen-bond acceptors (Lipinski definition) is 5. The number of rotatable bonds is 5. The third kappa shape index (κ3) is 4.08. The van der Waals surface area contributed by atoms with E-state index in [1.54, 1.807) is 7.05 Å². The van der Waals surface area contributed by atoms with Crippen LogP contribution in [0, 0.1) is 5.92 Å². The van der Waals surface area contributed by atoms with Gasteiger partial charge in [-0.1, -0.05) is 0 Å². The molecule has 5 nitrogen and oxygen atoms in total. The van der Waals surface area contributed by atoms with E-state index in [1.807, 2.05) is 13.8 Å². The Kier molecular flexibility index (Phi) is 5.18. The van der Waals surface area contributed by atoms with Crippen molar-refractivity contribution >= 4 is 5.97 Å². The molecule has 0 aromatic heterocycles. The quantitative estimate of drug-likeness (QED) is 0.672. The highest BCUT2D eigenvalue weighted by Crippen LogP contribution is 2.15. The number of hydrogen-bond donors (Lipinski definition) is 2. The van der Waals surface area contributed by atoms with Gasteiger partial charge in [0.1, 0.15) is 5.54 Å². The highest BCUT2D eigenvalue weighted by molar-refractivity contribution is 5.79. The summed E-state index contributed by atoms with van der Waals surface area (Å²) in [4.78, 5) is 16.3. The second-order valence-electron chi connectivity index (χ2n) is 4.66. The molecule has 0 radical (unpaired) electrons. The largest absolute Gasteiger partial charge is 0.381 e. The summed E-state index contributed by atoms with van der Waals surface area (Å²) in [6.45, 7) is 6.13. The second-order valence-corrected chi connectivity index (χ2v) is 4.66. The van der Waals surface area contributed by atoms with E-state index in [1.165, 1.54) is 0 Å². The molecule has 0 unspecified atom stereocenters. The summed E-state index contributed by atoms with van der Waals surface area (Å²) >= 11 is 0. The lowest BCUT2D eigenvalue weighted by Crippen LogP contribution is -2.50. The molecule has 0 atom stereocenters. The SMILES string of the molecule is CNOC(=O)C(C)(C)NCC1CCOCC1. The first kappa shape index (κ1) is 13.4. The lowest BCUT2D eigenvalue weighted by Gasteiger charge is -2.28. The average Bonchev–Trinajstić information content (AvgIpc) is 2.28. The molecule has 0 amide bonds. The fourth-order valence-corrected chi connectivity index (χ4v) is 1.64. The fraction of sp³-hybridized carbons (Fsp3) is 0.909. The summed E-state index contributed by atoms with van der Waals surface area (Å²) in [6.07, 6.45) is 2.12. The fourth-order valence-electron chi connectivity index (χ4n) is 1.64. The van der Waals surface area contributed by atoms with Gasteiger partial charge < -0.3 is 14.9 Å². The molecule has 0 saturated carbocycles. The van der Waals surface area contributed by atoms with Crippen LogP contribution < -0.4 is 10.8 Å². The van der Waals surface area contributed by atoms with Gasteiger partial charge in [-0.25, -0.2) is 4.79 Å². The standard InChI is InChI=1S/C11H22N2O3/c1-11(2,10(14)16-12-3)13-8-9-4-6-15-7-5-9/h9,12-13H,4-8H2,1-3H3. The zero-order valence-corrected chi connectivity index (χ0v) is 10.3. The van der Waals surface area contributed by atoms with Crippen LogP contribution in [0.3, 0.4) is 0 Å². The molecule has 0 aromatic rings. The molecule has 0 spiro atoms. The number of carbonyl (C=O) groups is 1. The molecular weight excluding hydrogens is 208 g/mol. The van der Waals surface area contributed by atoms with Crippen molar-refractivity contribution in [1.29, 1.82) is 0 Å². The predicted molar refractivity (Wildman–Crippen MR) is 60.8 cm³/mol. The normalized spacial score (nSPS) is 18.4. The third-order valence-electron chi connectivity index (χ3n) is 2.88. The lowest BCUT2D eigenvalue weighted by atomic mass is 9.98. The minimum absolute atomic E-state index is 0.290. The molecule has 1 heterocycles. The lowest BCUT2D eigenvalue weighted by molar-refractivity contribution is -0.156. The maximum atomic E-state index is 11.6. The van der Waals surface area contributed by atoms with E-state index < -0.39 is 5.54 Å². The van der Waals surface area contributed by atoms with E-state index in [4.69, 9.17) is 9.57 Å². The van der Waals surface area contributed by atoms with E-state index in [9.17, 15) is 4.79 Å². The summed E-state index contributed by atoms with van der Waals surface area (Å²) < 4.78 is 5.29. The minimum atomic E-state index is -0.651. The number of hydroxylamine groups is 1. The number of ether oxygens (including phenoxy) is 1. The van der Waals surface area contributed by atoms with Gasteiger partial charge >= 0.3 is 5.97 Å².